The predicted molar refractivity (Wildman–Crippen MR) is 83.5 cm³/mol. The SMILES string of the molecule is CC1CCC(CCCCNCCS)C(C)C1.Cl. The maximum absolute atomic E-state index is 4.19. The Hall–Kier alpha value is 0.600. The first-order valence-electron chi connectivity index (χ1n) is 7.05. The summed E-state index contributed by atoms with van der Waals surface area (Å²) < 4.78 is 0. The fourth-order valence-electron chi connectivity index (χ4n) is 3.02. The van der Waals surface area contributed by atoms with Crippen molar-refractivity contribution in [2.45, 2.75) is 52.4 Å². The first-order valence-corrected chi connectivity index (χ1v) is 7.69. The van der Waals surface area contributed by atoms with Gasteiger partial charge in [-0.1, -0.05) is 33.1 Å². The zero-order valence-corrected chi connectivity index (χ0v) is 13.2. The van der Waals surface area contributed by atoms with Crippen LogP contribution in [0.5, 0.6) is 0 Å². The summed E-state index contributed by atoms with van der Waals surface area (Å²) in [5.41, 5.74) is 0. The van der Waals surface area contributed by atoms with Gasteiger partial charge in [-0.2, -0.15) is 12.6 Å². The van der Waals surface area contributed by atoms with Gasteiger partial charge in [0.2, 0.25) is 0 Å². The Morgan fingerprint density at radius 2 is 1.88 bits per heavy atom. The Labute approximate surface area is 119 Å². The Balaban J connectivity index is 0.00000256. The molecule has 0 saturated heterocycles. The van der Waals surface area contributed by atoms with Crippen LogP contribution in [0, 0.1) is 17.8 Å². The summed E-state index contributed by atoms with van der Waals surface area (Å²) in [7, 11) is 0. The van der Waals surface area contributed by atoms with Gasteiger partial charge in [-0.15, -0.1) is 12.4 Å². The fourth-order valence-corrected chi connectivity index (χ4v) is 3.18. The second kappa shape index (κ2) is 10.5. The van der Waals surface area contributed by atoms with Gasteiger partial charge in [0.15, 0.2) is 0 Å². The highest BCUT2D eigenvalue weighted by atomic mass is 35.5. The zero-order chi connectivity index (χ0) is 11.8. The molecule has 1 fully saturated rings. The predicted octanol–water partition coefficient (Wildman–Crippen LogP) is 4.17. The summed E-state index contributed by atoms with van der Waals surface area (Å²) >= 11 is 4.19. The number of hydrogen-bond donors (Lipinski definition) is 2. The lowest BCUT2D eigenvalue weighted by Crippen LogP contribution is -2.22. The van der Waals surface area contributed by atoms with Crippen molar-refractivity contribution in [3.63, 3.8) is 0 Å². The summed E-state index contributed by atoms with van der Waals surface area (Å²) in [6.45, 7) is 7.10. The van der Waals surface area contributed by atoms with Gasteiger partial charge in [0, 0.05) is 12.3 Å². The molecule has 0 aliphatic heterocycles. The van der Waals surface area contributed by atoms with Crippen molar-refractivity contribution in [1.82, 2.24) is 5.32 Å². The van der Waals surface area contributed by atoms with Crippen LogP contribution < -0.4 is 5.32 Å². The van der Waals surface area contributed by atoms with E-state index >= 15 is 0 Å². The molecular formula is C14H30ClNS. The second-order valence-corrected chi connectivity index (χ2v) is 6.07. The Morgan fingerprint density at radius 1 is 1.12 bits per heavy atom. The van der Waals surface area contributed by atoms with Gasteiger partial charge < -0.3 is 5.32 Å². The van der Waals surface area contributed by atoms with Gasteiger partial charge in [-0.3, -0.25) is 0 Å². The topological polar surface area (TPSA) is 12.0 Å². The van der Waals surface area contributed by atoms with Gasteiger partial charge in [0.1, 0.15) is 0 Å². The third kappa shape index (κ3) is 7.58. The molecule has 0 radical (unpaired) electrons. The highest BCUT2D eigenvalue weighted by Crippen LogP contribution is 2.35. The van der Waals surface area contributed by atoms with Crippen LogP contribution >= 0.6 is 25.0 Å². The molecule has 0 amide bonds. The Bertz CT molecular complexity index is 178. The standard InChI is InChI=1S/C14H29NS.ClH/c1-12-6-7-14(13(2)11-12)5-3-4-8-15-9-10-16;/h12-16H,3-11H2,1-2H3;1H. The van der Waals surface area contributed by atoms with Gasteiger partial charge >= 0.3 is 0 Å². The summed E-state index contributed by atoms with van der Waals surface area (Å²) in [6, 6.07) is 0. The smallest absolute Gasteiger partial charge is 0.00397 e. The van der Waals surface area contributed by atoms with Crippen LogP contribution in [0.4, 0.5) is 0 Å². The van der Waals surface area contributed by atoms with E-state index in [1.54, 1.807) is 0 Å². The average Bonchev–Trinajstić information content (AvgIpc) is 2.26. The molecule has 1 nitrogen and oxygen atoms in total. The molecule has 1 saturated carbocycles. The summed E-state index contributed by atoms with van der Waals surface area (Å²) in [4.78, 5) is 0. The number of thiol groups is 1. The number of halogens is 1. The van der Waals surface area contributed by atoms with Gasteiger partial charge in [-0.25, -0.2) is 0 Å². The molecule has 0 aromatic heterocycles. The average molecular weight is 280 g/mol. The number of hydrogen-bond acceptors (Lipinski definition) is 2. The number of rotatable bonds is 7. The molecule has 104 valence electrons. The molecule has 0 bridgehead atoms. The Kier molecular flexibility index (Phi) is 10.9. The van der Waals surface area contributed by atoms with Crippen molar-refractivity contribution in [2.24, 2.45) is 17.8 Å². The maximum atomic E-state index is 4.19. The normalized spacial score (nSPS) is 28.8. The van der Waals surface area contributed by atoms with Crippen LogP contribution in [0.1, 0.15) is 52.4 Å². The van der Waals surface area contributed by atoms with E-state index in [0.717, 1.165) is 30.1 Å². The quantitative estimate of drug-likeness (QED) is 0.526. The van der Waals surface area contributed by atoms with Crippen molar-refractivity contribution in [1.29, 1.82) is 0 Å². The van der Waals surface area contributed by atoms with E-state index < -0.39 is 0 Å². The van der Waals surface area contributed by atoms with Crippen LogP contribution in [0.15, 0.2) is 0 Å². The first kappa shape index (κ1) is 17.6. The summed E-state index contributed by atoms with van der Waals surface area (Å²) in [6.07, 6.45) is 8.60. The molecule has 1 aliphatic carbocycles. The molecule has 0 aromatic carbocycles. The number of nitrogens with one attached hydrogen (secondary N) is 1. The number of unbranched alkanes of at least 4 members (excludes halogenated alkanes) is 1. The van der Waals surface area contributed by atoms with Gasteiger partial charge in [0.05, 0.1) is 0 Å². The first-order chi connectivity index (χ1) is 7.74. The van der Waals surface area contributed by atoms with Crippen molar-refractivity contribution < 1.29 is 0 Å². The van der Waals surface area contributed by atoms with E-state index in [9.17, 15) is 0 Å². The van der Waals surface area contributed by atoms with Gasteiger partial charge in [-0.05, 0) is 43.6 Å². The van der Waals surface area contributed by atoms with Crippen LogP contribution in [-0.2, 0) is 0 Å². The monoisotopic (exact) mass is 279 g/mol. The maximum Gasteiger partial charge on any atom is 0.00397 e. The van der Waals surface area contributed by atoms with Crippen molar-refractivity contribution in [3.05, 3.63) is 0 Å². The minimum Gasteiger partial charge on any atom is -0.316 e. The van der Waals surface area contributed by atoms with Crippen LogP contribution in [0.25, 0.3) is 0 Å². The molecule has 1 N–H and O–H groups in total. The third-order valence-corrected chi connectivity index (χ3v) is 4.30. The summed E-state index contributed by atoms with van der Waals surface area (Å²) in [5, 5.41) is 3.41. The molecule has 0 heterocycles. The van der Waals surface area contributed by atoms with E-state index in [2.05, 4.69) is 31.8 Å². The van der Waals surface area contributed by atoms with E-state index in [1.807, 2.05) is 0 Å². The van der Waals surface area contributed by atoms with E-state index in [0.29, 0.717) is 0 Å². The molecular weight excluding hydrogens is 250 g/mol. The minimum absolute atomic E-state index is 0. The lowest BCUT2D eigenvalue weighted by molar-refractivity contribution is 0.191. The molecule has 3 unspecified atom stereocenters. The Morgan fingerprint density at radius 3 is 2.53 bits per heavy atom. The molecule has 17 heavy (non-hydrogen) atoms. The highest BCUT2D eigenvalue weighted by molar-refractivity contribution is 7.80. The second-order valence-electron chi connectivity index (χ2n) is 5.62. The lowest BCUT2D eigenvalue weighted by Gasteiger charge is -2.32. The highest BCUT2D eigenvalue weighted by Gasteiger charge is 2.24. The fraction of sp³-hybridized carbons (Fsp3) is 1.00. The molecule has 0 aromatic rings. The summed E-state index contributed by atoms with van der Waals surface area (Å²) in [5.74, 6) is 3.91. The van der Waals surface area contributed by atoms with Crippen molar-refractivity contribution >= 4 is 25.0 Å². The zero-order valence-electron chi connectivity index (χ0n) is 11.5. The lowest BCUT2D eigenvalue weighted by atomic mass is 9.74. The largest absolute Gasteiger partial charge is 0.316 e. The van der Waals surface area contributed by atoms with Crippen molar-refractivity contribution in [2.75, 3.05) is 18.8 Å². The molecule has 1 rings (SSSR count). The third-order valence-electron chi connectivity index (χ3n) is 4.08. The molecule has 1 aliphatic rings. The van der Waals surface area contributed by atoms with E-state index in [4.69, 9.17) is 0 Å². The van der Waals surface area contributed by atoms with Crippen LogP contribution in [-0.4, -0.2) is 18.8 Å². The van der Waals surface area contributed by atoms with Crippen LogP contribution in [0.3, 0.4) is 0 Å². The van der Waals surface area contributed by atoms with Crippen LogP contribution in [0.2, 0.25) is 0 Å². The molecule has 0 spiro atoms. The van der Waals surface area contributed by atoms with E-state index in [-0.39, 0.29) is 12.4 Å². The minimum atomic E-state index is 0. The van der Waals surface area contributed by atoms with Gasteiger partial charge in [0.25, 0.3) is 0 Å². The molecule has 3 atom stereocenters. The van der Waals surface area contributed by atoms with E-state index in [1.165, 1.54) is 45.1 Å². The molecule has 3 heteroatoms. The van der Waals surface area contributed by atoms with Crippen molar-refractivity contribution in [3.8, 4) is 0 Å².